The quantitative estimate of drug-likeness (QED) is 0.852. The van der Waals surface area contributed by atoms with E-state index in [1.54, 1.807) is 29.1 Å². The minimum atomic E-state index is -0.866. The number of rotatable bonds is 4. The van der Waals surface area contributed by atoms with E-state index in [1.165, 1.54) is 0 Å². The lowest BCUT2D eigenvalue weighted by atomic mass is 10.0. The predicted octanol–water partition coefficient (Wildman–Crippen LogP) is 3.71. The maximum atomic E-state index is 10.8. The van der Waals surface area contributed by atoms with Crippen LogP contribution in [0.2, 0.25) is 0 Å². The van der Waals surface area contributed by atoms with E-state index in [-0.39, 0.29) is 6.42 Å². The van der Waals surface area contributed by atoms with Gasteiger partial charge in [-0.3, -0.25) is 4.79 Å². The third-order valence-electron chi connectivity index (χ3n) is 2.59. The summed E-state index contributed by atoms with van der Waals surface area (Å²) >= 11 is 1.76. The Hall–Kier alpha value is -1.56. The van der Waals surface area contributed by atoms with Crippen LogP contribution in [0.4, 0.5) is 0 Å². The van der Waals surface area contributed by atoms with Crippen molar-refractivity contribution in [1.82, 2.24) is 0 Å². The Balaban J connectivity index is 2.42. The summed E-state index contributed by atoms with van der Waals surface area (Å²) in [6, 6.07) is 15.4. The molecule has 1 N–H and O–H groups in total. The maximum absolute atomic E-state index is 10.8. The van der Waals surface area contributed by atoms with Crippen molar-refractivity contribution in [1.29, 1.82) is 0 Å². The summed E-state index contributed by atoms with van der Waals surface area (Å²) in [7, 11) is 0. The van der Waals surface area contributed by atoms with Gasteiger partial charge in [0.05, 0.1) is 6.42 Å². The van der Waals surface area contributed by atoms with Gasteiger partial charge in [-0.2, -0.15) is 0 Å². The molecule has 0 heterocycles. The highest BCUT2D eigenvalue weighted by Gasteiger charge is 2.09. The number of benzene rings is 2. The molecule has 0 aliphatic heterocycles. The van der Waals surface area contributed by atoms with Gasteiger partial charge < -0.3 is 8.17 Å². The van der Waals surface area contributed by atoms with Crippen LogP contribution in [0.5, 0.6) is 5.75 Å². The SMILES string of the molecule is O=C(O)Cc1cc(-c2ccccc2)ccc1OI. The van der Waals surface area contributed by atoms with Crippen molar-refractivity contribution in [3.05, 3.63) is 54.1 Å². The van der Waals surface area contributed by atoms with E-state index in [9.17, 15) is 4.79 Å². The highest BCUT2D eigenvalue weighted by Crippen LogP contribution is 2.28. The average molecular weight is 354 g/mol. The summed E-state index contributed by atoms with van der Waals surface area (Å²) in [5.74, 6) is -0.271. The summed E-state index contributed by atoms with van der Waals surface area (Å²) < 4.78 is 5.14. The topological polar surface area (TPSA) is 46.5 Å². The Morgan fingerprint density at radius 1 is 1.11 bits per heavy atom. The van der Waals surface area contributed by atoms with Crippen molar-refractivity contribution in [3.8, 4) is 16.9 Å². The molecule has 0 aliphatic rings. The lowest BCUT2D eigenvalue weighted by Gasteiger charge is -2.08. The molecular weight excluding hydrogens is 343 g/mol. The highest BCUT2D eigenvalue weighted by molar-refractivity contribution is 14.1. The molecule has 0 saturated heterocycles. The number of hydrogen-bond acceptors (Lipinski definition) is 2. The smallest absolute Gasteiger partial charge is 0.307 e. The van der Waals surface area contributed by atoms with E-state index in [1.807, 2.05) is 42.5 Å². The van der Waals surface area contributed by atoms with Gasteiger partial charge in [0, 0.05) is 5.56 Å². The summed E-state index contributed by atoms with van der Waals surface area (Å²) in [4.78, 5) is 10.8. The van der Waals surface area contributed by atoms with Gasteiger partial charge in [-0.05, 0) is 23.3 Å². The zero-order valence-electron chi connectivity index (χ0n) is 9.47. The van der Waals surface area contributed by atoms with Crippen LogP contribution in [-0.4, -0.2) is 11.1 Å². The van der Waals surface area contributed by atoms with E-state index in [0.29, 0.717) is 11.3 Å². The van der Waals surface area contributed by atoms with Gasteiger partial charge in [-0.1, -0.05) is 36.4 Å². The van der Waals surface area contributed by atoms with Gasteiger partial charge in [0.2, 0.25) is 0 Å². The predicted molar refractivity (Wildman–Crippen MR) is 77.9 cm³/mol. The standard InChI is InChI=1S/C14H11IO3/c15-18-13-7-6-11(8-12(13)9-14(16)17)10-4-2-1-3-5-10/h1-8H,9H2,(H,16,17). The number of carbonyl (C=O) groups is 1. The molecule has 3 nitrogen and oxygen atoms in total. The molecule has 0 bridgehead atoms. The monoisotopic (exact) mass is 354 g/mol. The van der Waals surface area contributed by atoms with Gasteiger partial charge >= 0.3 is 5.97 Å². The van der Waals surface area contributed by atoms with Crippen LogP contribution in [0.25, 0.3) is 11.1 Å². The van der Waals surface area contributed by atoms with E-state index >= 15 is 0 Å². The molecule has 0 spiro atoms. The van der Waals surface area contributed by atoms with Crippen LogP contribution in [0, 0.1) is 0 Å². The molecule has 4 heteroatoms. The molecule has 0 unspecified atom stereocenters. The summed E-state index contributed by atoms with van der Waals surface area (Å²) in [5, 5.41) is 8.89. The molecule has 92 valence electrons. The number of hydrogen-bond donors (Lipinski definition) is 1. The van der Waals surface area contributed by atoms with E-state index < -0.39 is 5.97 Å². The zero-order valence-corrected chi connectivity index (χ0v) is 11.6. The van der Waals surface area contributed by atoms with Crippen LogP contribution in [0.1, 0.15) is 5.56 Å². The molecule has 2 aromatic carbocycles. The lowest BCUT2D eigenvalue weighted by molar-refractivity contribution is -0.136. The van der Waals surface area contributed by atoms with Crippen LogP contribution < -0.4 is 3.07 Å². The molecule has 0 atom stereocenters. The number of halogens is 1. The van der Waals surface area contributed by atoms with Crippen LogP contribution in [0.3, 0.4) is 0 Å². The number of carboxylic acid groups (broad SMARTS) is 1. The molecule has 0 aliphatic carbocycles. The van der Waals surface area contributed by atoms with Crippen molar-refractivity contribution >= 4 is 29.0 Å². The second-order valence-corrected chi connectivity index (χ2v) is 4.28. The normalized spacial score (nSPS) is 10.1. The molecule has 2 rings (SSSR count). The Labute approximate surface area is 119 Å². The first-order valence-corrected chi connectivity index (χ1v) is 6.27. The first-order chi connectivity index (χ1) is 8.70. The molecule has 0 radical (unpaired) electrons. The van der Waals surface area contributed by atoms with Gasteiger partial charge in [-0.25, -0.2) is 0 Å². The van der Waals surface area contributed by atoms with Crippen molar-refractivity contribution < 1.29 is 13.0 Å². The Morgan fingerprint density at radius 2 is 1.83 bits per heavy atom. The van der Waals surface area contributed by atoms with Crippen LogP contribution >= 0.6 is 23.0 Å². The fraction of sp³-hybridized carbons (Fsp3) is 0.0714. The summed E-state index contributed by atoms with van der Waals surface area (Å²) in [6.07, 6.45) is -0.0427. The number of carboxylic acids is 1. The van der Waals surface area contributed by atoms with Crippen LogP contribution in [0.15, 0.2) is 48.5 Å². The second-order valence-electron chi connectivity index (χ2n) is 3.84. The Kier molecular flexibility index (Phi) is 4.19. The van der Waals surface area contributed by atoms with Crippen molar-refractivity contribution in [2.45, 2.75) is 6.42 Å². The van der Waals surface area contributed by atoms with Crippen LogP contribution in [-0.2, 0) is 11.2 Å². The van der Waals surface area contributed by atoms with Gasteiger partial charge in [0.15, 0.2) is 23.0 Å². The lowest BCUT2D eigenvalue weighted by Crippen LogP contribution is -2.01. The summed E-state index contributed by atoms with van der Waals surface area (Å²) in [5.41, 5.74) is 2.73. The maximum Gasteiger partial charge on any atom is 0.307 e. The van der Waals surface area contributed by atoms with E-state index in [4.69, 9.17) is 8.17 Å². The molecule has 0 aromatic heterocycles. The zero-order chi connectivity index (χ0) is 13.0. The van der Waals surface area contributed by atoms with Crippen molar-refractivity contribution in [3.63, 3.8) is 0 Å². The van der Waals surface area contributed by atoms with Gasteiger partial charge in [-0.15, -0.1) is 0 Å². The minimum absolute atomic E-state index is 0.0427. The molecule has 0 fully saturated rings. The minimum Gasteiger partial charge on any atom is -0.481 e. The van der Waals surface area contributed by atoms with Crippen molar-refractivity contribution in [2.75, 3.05) is 0 Å². The van der Waals surface area contributed by atoms with Gasteiger partial charge in [0.1, 0.15) is 5.75 Å². The molecule has 0 saturated carbocycles. The fourth-order valence-corrected chi connectivity index (χ4v) is 2.20. The first-order valence-electron chi connectivity index (χ1n) is 5.39. The highest BCUT2D eigenvalue weighted by atomic mass is 127. The Bertz CT molecular complexity index is 552. The first kappa shape index (κ1) is 12.9. The fourth-order valence-electron chi connectivity index (χ4n) is 1.77. The molecular formula is C14H11IO3. The second kappa shape index (κ2) is 5.86. The van der Waals surface area contributed by atoms with Crippen molar-refractivity contribution in [2.24, 2.45) is 0 Å². The largest absolute Gasteiger partial charge is 0.481 e. The molecule has 18 heavy (non-hydrogen) atoms. The average Bonchev–Trinajstić information content (AvgIpc) is 2.39. The van der Waals surface area contributed by atoms with Gasteiger partial charge in [0.25, 0.3) is 0 Å². The van der Waals surface area contributed by atoms with E-state index in [2.05, 4.69) is 0 Å². The summed E-state index contributed by atoms with van der Waals surface area (Å²) in [6.45, 7) is 0. The van der Waals surface area contributed by atoms with E-state index in [0.717, 1.165) is 11.1 Å². The molecule has 0 amide bonds. The Morgan fingerprint density at radius 3 is 2.44 bits per heavy atom. The molecule has 2 aromatic rings. The third kappa shape index (κ3) is 3.01. The number of aliphatic carboxylic acids is 1. The third-order valence-corrected chi connectivity index (χ3v) is 3.07.